The summed E-state index contributed by atoms with van der Waals surface area (Å²) in [5, 5.41) is 0. The molecule has 3 nitrogen and oxygen atoms in total. The van der Waals surface area contributed by atoms with Crippen LogP contribution in [-0.4, -0.2) is 19.1 Å². The maximum absolute atomic E-state index is 13.7. The van der Waals surface area contributed by atoms with Gasteiger partial charge in [0, 0.05) is 6.42 Å². The van der Waals surface area contributed by atoms with Gasteiger partial charge in [0.2, 0.25) is 0 Å². The van der Waals surface area contributed by atoms with Gasteiger partial charge in [-0.3, -0.25) is 4.57 Å². The molecule has 0 saturated heterocycles. The zero-order chi connectivity index (χ0) is 13.9. The Hall–Kier alpha value is -0.360. The molecule has 0 saturated carbocycles. The van der Waals surface area contributed by atoms with Gasteiger partial charge in [0.25, 0.3) is 5.91 Å². The summed E-state index contributed by atoms with van der Waals surface area (Å²) in [7, 11) is -3.71. The minimum absolute atomic E-state index is 0.149. The van der Waals surface area contributed by atoms with E-state index >= 15 is 0 Å². The smallest absolute Gasteiger partial charge is 0.306 e. The van der Waals surface area contributed by atoms with Crippen molar-refractivity contribution in [3.8, 4) is 11.8 Å². The lowest BCUT2D eigenvalue weighted by molar-refractivity contribution is 0.200. The highest BCUT2D eigenvalue weighted by Crippen LogP contribution is 2.53. The largest absolute Gasteiger partial charge is 0.376 e. The van der Waals surface area contributed by atoms with Crippen molar-refractivity contribution in [1.82, 2.24) is 0 Å². The lowest BCUT2D eigenvalue weighted by Crippen LogP contribution is -2.06. The Bertz CT molecular complexity index is 299. The fourth-order valence-corrected chi connectivity index (χ4v) is 2.71. The molecule has 0 heterocycles. The molecule has 0 rings (SSSR count). The third-order valence-electron chi connectivity index (χ3n) is 2.27. The monoisotopic (exact) mass is 278 g/mol. The van der Waals surface area contributed by atoms with Gasteiger partial charge in [0.1, 0.15) is 0 Å². The van der Waals surface area contributed by atoms with Crippen molar-refractivity contribution >= 4 is 7.60 Å². The van der Waals surface area contributed by atoms with Crippen molar-refractivity contribution in [3.63, 3.8) is 0 Å². The van der Waals surface area contributed by atoms with E-state index in [2.05, 4.69) is 18.8 Å². The van der Waals surface area contributed by atoms with E-state index in [0.717, 1.165) is 25.7 Å². The summed E-state index contributed by atoms with van der Waals surface area (Å²) in [6.45, 7) is 5.72. The first-order chi connectivity index (χ1) is 8.60. The fraction of sp³-hybridized carbons (Fsp3) is 0.846. The number of halogens is 1. The minimum Gasteiger partial charge on any atom is -0.306 e. The quantitative estimate of drug-likeness (QED) is 0.353. The van der Waals surface area contributed by atoms with Crippen LogP contribution in [0.5, 0.6) is 0 Å². The summed E-state index contributed by atoms with van der Waals surface area (Å²) < 4.78 is 35.4. The third kappa shape index (κ3) is 7.16. The number of alkyl halides is 1. The number of hydrogen-bond acceptors (Lipinski definition) is 3. The standard InChI is InChI=1S/C13H24FO3P/c1-4-7-8-9-10-11-12-13(14)18(15,16-5-2)17-6-3/h13H,4-10H2,1-3H3. The van der Waals surface area contributed by atoms with E-state index in [-0.39, 0.29) is 13.2 Å². The molecule has 5 heteroatoms. The predicted octanol–water partition coefficient (Wildman–Crippen LogP) is 4.52. The summed E-state index contributed by atoms with van der Waals surface area (Å²) in [6.07, 6.45) is 4.98. The van der Waals surface area contributed by atoms with E-state index in [1.165, 1.54) is 0 Å². The van der Waals surface area contributed by atoms with Gasteiger partial charge in [0.05, 0.1) is 13.2 Å². The highest BCUT2D eigenvalue weighted by atomic mass is 31.2. The van der Waals surface area contributed by atoms with Crippen molar-refractivity contribution in [2.45, 2.75) is 58.8 Å². The summed E-state index contributed by atoms with van der Waals surface area (Å²) in [6, 6.07) is 0. The highest BCUT2D eigenvalue weighted by Gasteiger charge is 2.34. The van der Waals surface area contributed by atoms with Gasteiger partial charge in [-0.1, -0.05) is 38.0 Å². The Morgan fingerprint density at radius 2 is 1.72 bits per heavy atom. The topological polar surface area (TPSA) is 35.5 Å². The molecule has 0 radical (unpaired) electrons. The van der Waals surface area contributed by atoms with Crippen molar-refractivity contribution in [3.05, 3.63) is 0 Å². The van der Waals surface area contributed by atoms with Crippen LogP contribution >= 0.6 is 7.60 Å². The second kappa shape index (κ2) is 10.6. The van der Waals surface area contributed by atoms with E-state index in [1.807, 2.05) is 0 Å². The maximum Gasteiger partial charge on any atom is 0.376 e. The van der Waals surface area contributed by atoms with Crippen molar-refractivity contribution in [2.24, 2.45) is 0 Å². The zero-order valence-electron chi connectivity index (χ0n) is 11.6. The van der Waals surface area contributed by atoms with Crippen LogP contribution in [0.25, 0.3) is 0 Å². The average molecular weight is 278 g/mol. The SMILES string of the molecule is CCCCCCC#CC(F)P(=O)(OCC)OCC. The van der Waals surface area contributed by atoms with Crippen LogP contribution in [0, 0.1) is 11.8 Å². The van der Waals surface area contributed by atoms with Gasteiger partial charge in [-0.05, 0) is 20.3 Å². The van der Waals surface area contributed by atoms with E-state index < -0.39 is 13.5 Å². The first-order valence-electron chi connectivity index (χ1n) is 6.62. The van der Waals surface area contributed by atoms with E-state index in [4.69, 9.17) is 9.05 Å². The van der Waals surface area contributed by atoms with Gasteiger partial charge in [0.15, 0.2) is 0 Å². The van der Waals surface area contributed by atoms with Crippen LogP contribution in [0.1, 0.15) is 52.9 Å². The van der Waals surface area contributed by atoms with Crippen LogP contribution in [0.3, 0.4) is 0 Å². The molecule has 0 fully saturated rings. The van der Waals surface area contributed by atoms with Gasteiger partial charge in [-0.15, -0.1) is 0 Å². The second-order valence-electron chi connectivity index (χ2n) is 3.84. The van der Waals surface area contributed by atoms with Gasteiger partial charge in [-0.25, -0.2) is 4.39 Å². The highest BCUT2D eigenvalue weighted by molar-refractivity contribution is 7.54. The number of hydrogen-bond donors (Lipinski definition) is 0. The third-order valence-corrected chi connectivity index (χ3v) is 4.19. The molecule has 0 aromatic rings. The Morgan fingerprint density at radius 1 is 1.11 bits per heavy atom. The Balaban J connectivity index is 4.21. The van der Waals surface area contributed by atoms with E-state index in [0.29, 0.717) is 6.42 Å². The predicted molar refractivity (Wildman–Crippen MR) is 72.3 cm³/mol. The molecule has 18 heavy (non-hydrogen) atoms. The molecule has 0 aliphatic carbocycles. The molecule has 0 spiro atoms. The first-order valence-corrected chi connectivity index (χ1v) is 8.23. The summed E-state index contributed by atoms with van der Waals surface area (Å²) in [5.41, 5.74) is 0. The lowest BCUT2D eigenvalue weighted by Gasteiger charge is -2.16. The van der Waals surface area contributed by atoms with E-state index in [1.54, 1.807) is 13.8 Å². The molecule has 0 N–H and O–H groups in total. The molecular weight excluding hydrogens is 254 g/mol. The zero-order valence-corrected chi connectivity index (χ0v) is 12.5. The lowest BCUT2D eigenvalue weighted by atomic mass is 10.2. The first kappa shape index (κ1) is 17.6. The molecule has 0 aliphatic rings. The van der Waals surface area contributed by atoms with Crippen molar-refractivity contribution in [2.75, 3.05) is 13.2 Å². The number of rotatable bonds is 9. The van der Waals surface area contributed by atoms with Crippen LogP contribution < -0.4 is 0 Å². The number of unbranched alkanes of at least 4 members (excludes halogenated alkanes) is 4. The molecule has 0 bridgehead atoms. The van der Waals surface area contributed by atoms with Crippen LogP contribution in [-0.2, 0) is 13.6 Å². The molecule has 1 unspecified atom stereocenters. The average Bonchev–Trinajstić information content (AvgIpc) is 2.34. The second-order valence-corrected chi connectivity index (χ2v) is 5.89. The summed E-state index contributed by atoms with van der Waals surface area (Å²) in [5.74, 6) is 3.21. The Kier molecular flexibility index (Phi) is 10.3. The van der Waals surface area contributed by atoms with Gasteiger partial charge in [-0.2, -0.15) is 0 Å². The van der Waals surface area contributed by atoms with Crippen LogP contribution in [0.4, 0.5) is 4.39 Å². The van der Waals surface area contributed by atoms with Crippen molar-refractivity contribution in [1.29, 1.82) is 0 Å². The summed E-state index contributed by atoms with van der Waals surface area (Å²) >= 11 is 0. The molecule has 0 amide bonds. The van der Waals surface area contributed by atoms with Gasteiger partial charge < -0.3 is 9.05 Å². The fourth-order valence-electron chi connectivity index (χ4n) is 1.40. The molecule has 106 valence electrons. The Morgan fingerprint density at radius 3 is 2.22 bits per heavy atom. The molecule has 0 aromatic heterocycles. The van der Waals surface area contributed by atoms with Crippen LogP contribution in [0.2, 0.25) is 0 Å². The van der Waals surface area contributed by atoms with E-state index in [9.17, 15) is 8.96 Å². The van der Waals surface area contributed by atoms with Crippen molar-refractivity contribution < 1.29 is 18.0 Å². The molecular formula is C13H24FO3P. The van der Waals surface area contributed by atoms with Crippen LogP contribution in [0.15, 0.2) is 0 Å². The maximum atomic E-state index is 13.7. The normalized spacial score (nSPS) is 12.9. The minimum atomic E-state index is -3.71. The molecule has 1 atom stereocenters. The van der Waals surface area contributed by atoms with Gasteiger partial charge >= 0.3 is 7.60 Å². The molecule has 0 aliphatic heterocycles. The Labute approximate surface area is 110 Å². The summed E-state index contributed by atoms with van der Waals surface area (Å²) in [4.78, 5) is 0. The molecule has 0 aromatic carbocycles.